The van der Waals surface area contributed by atoms with Crippen molar-refractivity contribution in [3.05, 3.63) is 107 Å². The predicted octanol–water partition coefficient (Wildman–Crippen LogP) is 5.36. The van der Waals surface area contributed by atoms with Gasteiger partial charge < -0.3 is 10.1 Å². The molecule has 0 fully saturated rings. The number of para-hydroxylation sites is 1. The number of carbonyl (C=O) groups is 1. The van der Waals surface area contributed by atoms with E-state index in [1.807, 2.05) is 98.8 Å². The average molecular weight is 396 g/mol. The van der Waals surface area contributed by atoms with E-state index >= 15 is 0 Å². The van der Waals surface area contributed by atoms with Crippen molar-refractivity contribution < 1.29 is 9.53 Å². The van der Waals surface area contributed by atoms with Crippen LogP contribution in [-0.4, -0.2) is 5.91 Å². The second-order valence-electron chi connectivity index (χ2n) is 7.09. The van der Waals surface area contributed by atoms with E-state index in [0.717, 1.165) is 11.1 Å². The van der Waals surface area contributed by atoms with Gasteiger partial charge in [-0.2, -0.15) is 5.26 Å². The van der Waals surface area contributed by atoms with Gasteiger partial charge in [-0.25, -0.2) is 0 Å². The zero-order valence-corrected chi connectivity index (χ0v) is 17.1. The predicted molar refractivity (Wildman–Crippen MR) is 119 cm³/mol. The van der Waals surface area contributed by atoms with Gasteiger partial charge in [0, 0.05) is 5.56 Å². The zero-order valence-electron chi connectivity index (χ0n) is 17.1. The smallest absolute Gasteiger partial charge is 0.262 e. The molecular formula is C26H24N2O2. The molecule has 1 atom stereocenters. The summed E-state index contributed by atoms with van der Waals surface area (Å²) in [5, 5.41) is 12.4. The van der Waals surface area contributed by atoms with Gasteiger partial charge in [-0.05, 0) is 37.1 Å². The van der Waals surface area contributed by atoms with Gasteiger partial charge in [0.15, 0.2) is 0 Å². The molecule has 30 heavy (non-hydrogen) atoms. The van der Waals surface area contributed by atoms with Gasteiger partial charge in [-0.1, -0.05) is 78.4 Å². The summed E-state index contributed by atoms with van der Waals surface area (Å²) in [6.45, 7) is 4.34. The third-order valence-electron chi connectivity index (χ3n) is 4.75. The Labute approximate surface area is 177 Å². The molecule has 0 aliphatic carbocycles. The lowest BCUT2D eigenvalue weighted by atomic mass is 10.1. The molecule has 1 N–H and O–H groups in total. The van der Waals surface area contributed by atoms with Crippen LogP contribution in [-0.2, 0) is 11.4 Å². The van der Waals surface area contributed by atoms with Gasteiger partial charge in [0.2, 0.25) is 0 Å². The van der Waals surface area contributed by atoms with Crippen LogP contribution >= 0.6 is 0 Å². The Hall–Kier alpha value is -3.84. The highest BCUT2D eigenvalue weighted by atomic mass is 16.5. The molecular weight excluding hydrogens is 372 g/mol. The fourth-order valence-electron chi connectivity index (χ4n) is 2.98. The Kier molecular flexibility index (Phi) is 7.02. The highest BCUT2D eigenvalue weighted by Gasteiger charge is 2.14. The Morgan fingerprint density at radius 1 is 1.03 bits per heavy atom. The third-order valence-corrected chi connectivity index (χ3v) is 4.75. The highest BCUT2D eigenvalue weighted by molar-refractivity contribution is 6.02. The molecule has 0 radical (unpaired) electrons. The number of hydrogen-bond acceptors (Lipinski definition) is 3. The zero-order chi connectivity index (χ0) is 21.3. The monoisotopic (exact) mass is 396 g/mol. The van der Waals surface area contributed by atoms with E-state index in [1.54, 1.807) is 6.08 Å². The van der Waals surface area contributed by atoms with Crippen molar-refractivity contribution >= 4 is 12.0 Å². The molecule has 0 aliphatic rings. The molecule has 0 aromatic heterocycles. The van der Waals surface area contributed by atoms with Crippen molar-refractivity contribution in [1.29, 1.82) is 5.26 Å². The maximum absolute atomic E-state index is 12.6. The normalized spacial score (nSPS) is 12.0. The Balaban J connectivity index is 1.74. The molecule has 0 saturated carbocycles. The molecule has 0 saturated heterocycles. The Morgan fingerprint density at radius 2 is 1.70 bits per heavy atom. The summed E-state index contributed by atoms with van der Waals surface area (Å²) < 4.78 is 5.95. The molecule has 3 aromatic carbocycles. The first kappa shape index (κ1) is 20.9. The first-order valence-electron chi connectivity index (χ1n) is 9.82. The van der Waals surface area contributed by atoms with Crippen molar-refractivity contribution in [3.63, 3.8) is 0 Å². The molecule has 0 aliphatic heterocycles. The van der Waals surface area contributed by atoms with Gasteiger partial charge in [0.1, 0.15) is 24.0 Å². The lowest BCUT2D eigenvalue weighted by molar-refractivity contribution is -0.117. The van der Waals surface area contributed by atoms with Crippen molar-refractivity contribution in [2.45, 2.75) is 26.5 Å². The van der Waals surface area contributed by atoms with Crippen molar-refractivity contribution in [2.75, 3.05) is 0 Å². The second kappa shape index (κ2) is 10.1. The average Bonchev–Trinajstić information content (AvgIpc) is 2.78. The number of carbonyl (C=O) groups excluding carboxylic acids is 1. The number of amides is 1. The van der Waals surface area contributed by atoms with Crippen LogP contribution in [0.25, 0.3) is 6.08 Å². The minimum Gasteiger partial charge on any atom is -0.488 e. The molecule has 4 heteroatoms. The van der Waals surface area contributed by atoms with E-state index in [4.69, 9.17) is 4.74 Å². The van der Waals surface area contributed by atoms with Crippen molar-refractivity contribution in [2.24, 2.45) is 0 Å². The molecule has 0 heterocycles. The molecule has 0 spiro atoms. The number of nitrogens with zero attached hydrogens (tertiary/aromatic N) is 1. The van der Waals surface area contributed by atoms with Gasteiger partial charge in [0.25, 0.3) is 5.91 Å². The van der Waals surface area contributed by atoms with Gasteiger partial charge in [-0.15, -0.1) is 0 Å². The van der Waals surface area contributed by atoms with E-state index in [-0.39, 0.29) is 11.6 Å². The molecule has 0 unspecified atom stereocenters. The summed E-state index contributed by atoms with van der Waals surface area (Å²) >= 11 is 0. The highest BCUT2D eigenvalue weighted by Crippen LogP contribution is 2.23. The Bertz CT molecular complexity index is 1060. The van der Waals surface area contributed by atoms with E-state index < -0.39 is 5.91 Å². The SMILES string of the molecule is Cc1ccc(COc2ccccc2/C=C(/C#N)C(=O)N[C@H](C)c2ccccc2)cc1. The topological polar surface area (TPSA) is 62.1 Å². The van der Waals surface area contributed by atoms with E-state index in [1.165, 1.54) is 5.56 Å². The quantitative estimate of drug-likeness (QED) is 0.432. The number of hydrogen-bond donors (Lipinski definition) is 1. The van der Waals surface area contributed by atoms with Crippen molar-refractivity contribution in [3.8, 4) is 11.8 Å². The van der Waals surface area contributed by atoms with Crippen LogP contribution in [0.15, 0.2) is 84.4 Å². The largest absolute Gasteiger partial charge is 0.488 e. The van der Waals surface area contributed by atoms with Crippen LogP contribution in [0.4, 0.5) is 0 Å². The summed E-state index contributed by atoms with van der Waals surface area (Å²) in [4.78, 5) is 12.6. The molecule has 0 bridgehead atoms. The first-order chi connectivity index (χ1) is 14.6. The summed E-state index contributed by atoms with van der Waals surface area (Å²) in [7, 11) is 0. The fourth-order valence-corrected chi connectivity index (χ4v) is 2.98. The number of benzene rings is 3. The summed E-state index contributed by atoms with van der Waals surface area (Å²) in [5.74, 6) is 0.205. The number of rotatable bonds is 7. The van der Waals surface area contributed by atoms with E-state index in [2.05, 4.69) is 5.32 Å². The summed E-state index contributed by atoms with van der Waals surface area (Å²) in [6.07, 6.45) is 1.57. The number of aryl methyl sites for hydroxylation is 1. The van der Waals surface area contributed by atoms with Crippen LogP contribution in [0, 0.1) is 18.3 Å². The molecule has 3 aromatic rings. The number of nitrogens with one attached hydrogen (secondary N) is 1. The number of nitriles is 1. The van der Waals surface area contributed by atoms with Crippen LogP contribution in [0.5, 0.6) is 5.75 Å². The van der Waals surface area contributed by atoms with Crippen molar-refractivity contribution in [1.82, 2.24) is 5.32 Å². The standard InChI is InChI=1S/C26H24N2O2/c1-19-12-14-21(15-13-19)18-30-25-11-7-6-10-23(25)16-24(17-27)26(29)28-20(2)22-8-4-3-5-9-22/h3-16,20H,18H2,1-2H3,(H,28,29)/b24-16-/t20-/m1/s1. The van der Waals surface area contributed by atoms with Gasteiger partial charge in [-0.3, -0.25) is 4.79 Å². The maximum Gasteiger partial charge on any atom is 0.262 e. The summed E-state index contributed by atoms with van der Waals surface area (Å²) in [6, 6.07) is 26.9. The fraction of sp³-hybridized carbons (Fsp3) is 0.154. The van der Waals surface area contributed by atoms with E-state index in [9.17, 15) is 10.1 Å². The minimum atomic E-state index is -0.415. The third kappa shape index (κ3) is 5.59. The van der Waals surface area contributed by atoms with Crippen LogP contribution in [0.3, 0.4) is 0 Å². The first-order valence-corrected chi connectivity index (χ1v) is 9.82. The lowest BCUT2D eigenvalue weighted by Crippen LogP contribution is -2.27. The van der Waals surface area contributed by atoms with Gasteiger partial charge >= 0.3 is 0 Å². The maximum atomic E-state index is 12.6. The summed E-state index contributed by atoms with van der Waals surface area (Å²) in [5.41, 5.74) is 3.93. The minimum absolute atomic E-state index is 0.0316. The van der Waals surface area contributed by atoms with Gasteiger partial charge in [0.05, 0.1) is 6.04 Å². The van der Waals surface area contributed by atoms with E-state index in [0.29, 0.717) is 17.9 Å². The second-order valence-corrected chi connectivity index (χ2v) is 7.09. The van der Waals surface area contributed by atoms with Crippen LogP contribution < -0.4 is 10.1 Å². The van der Waals surface area contributed by atoms with Crippen LogP contribution in [0.1, 0.15) is 35.2 Å². The molecule has 1 amide bonds. The molecule has 150 valence electrons. The molecule has 4 nitrogen and oxygen atoms in total. The number of ether oxygens (including phenoxy) is 1. The van der Waals surface area contributed by atoms with Crippen LogP contribution in [0.2, 0.25) is 0 Å². The molecule has 3 rings (SSSR count). The Morgan fingerprint density at radius 3 is 2.40 bits per heavy atom. The lowest BCUT2D eigenvalue weighted by Gasteiger charge is -2.14.